The third-order valence-corrected chi connectivity index (χ3v) is 2.54. The number of amidine groups is 1. The Hall–Kier alpha value is -1.84. The van der Waals surface area contributed by atoms with Crippen molar-refractivity contribution in [2.75, 3.05) is 11.6 Å². The SMILES string of the molecule is CCN=C(c1ccccc1)N(O)c1ccccc1.Cl. The van der Waals surface area contributed by atoms with Crippen LogP contribution in [0.25, 0.3) is 0 Å². The van der Waals surface area contributed by atoms with E-state index in [-0.39, 0.29) is 12.4 Å². The fourth-order valence-electron chi connectivity index (χ4n) is 1.71. The number of halogens is 1. The van der Waals surface area contributed by atoms with Gasteiger partial charge in [0.2, 0.25) is 0 Å². The fraction of sp³-hybridized carbons (Fsp3) is 0.133. The number of aliphatic imine (C=N–C) groups is 1. The summed E-state index contributed by atoms with van der Waals surface area (Å²) in [5.41, 5.74) is 1.60. The minimum atomic E-state index is 0. The van der Waals surface area contributed by atoms with Crippen molar-refractivity contribution in [2.24, 2.45) is 4.99 Å². The molecule has 19 heavy (non-hydrogen) atoms. The highest BCUT2D eigenvalue weighted by Gasteiger charge is 2.12. The Bertz CT molecular complexity index is 514. The average molecular weight is 277 g/mol. The highest BCUT2D eigenvalue weighted by atomic mass is 35.5. The second-order valence-corrected chi connectivity index (χ2v) is 3.81. The molecule has 0 saturated carbocycles. The zero-order valence-corrected chi connectivity index (χ0v) is 11.5. The third kappa shape index (κ3) is 3.81. The molecule has 0 bridgehead atoms. The molecule has 0 atom stereocenters. The molecule has 2 aromatic carbocycles. The lowest BCUT2D eigenvalue weighted by atomic mass is 10.2. The Morgan fingerprint density at radius 1 is 1.00 bits per heavy atom. The quantitative estimate of drug-likeness (QED) is 0.526. The maximum absolute atomic E-state index is 10.3. The van der Waals surface area contributed by atoms with Crippen LogP contribution >= 0.6 is 12.4 Å². The summed E-state index contributed by atoms with van der Waals surface area (Å²) >= 11 is 0. The van der Waals surface area contributed by atoms with Crippen LogP contribution in [0.4, 0.5) is 5.69 Å². The van der Waals surface area contributed by atoms with Gasteiger partial charge in [-0.05, 0) is 19.1 Å². The predicted molar refractivity (Wildman–Crippen MR) is 81.5 cm³/mol. The van der Waals surface area contributed by atoms with Gasteiger partial charge in [-0.15, -0.1) is 12.4 Å². The molecule has 3 nitrogen and oxygen atoms in total. The van der Waals surface area contributed by atoms with Crippen molar-refractivity contribution in [3.8, 4) is 0 Å². The molecule has 0 amide bonds. The summed E-state index contributed by atoms with van der Waals surface area (Å²) < 4.78 is 0. The van der Waals surface area contributed by atoms with E-state index in [1.165, 1.54) is 0 Å². The van der Waals surface area contributed by atoms with E-state index in [0.717, 1.165) is 10.6 Å². The Morgan fingerprint density at radius 2 is 1.53 bits per heavy atom. The first-order valence-electron chi connectivity index (χ1n) is 5.97. The van der Waals surface area contributed by atoms with Gasteiger partial charge in [0.25, 0.3) is 0 Å². The molecule has 0 radical (unpaired) electrons. The van der Waals surface area contributed by atoms with Gasteiger partial charge in [-0.3, -0.25) is 10.2 Å². The van der Waals surface area contributed by atoms with Gasteiger partial charge in [0, 0.05) is 12.1 Å². The van der Waals surface area contributed by atoms with Crippen LogP contribution in [-0.4, -0.2) is 17.6 Å². The molecule has 0 aliphatic carbocycles. The number of benzene rings is 2. The molecule has 1 N–H and O–H groups in total. The van der Waals surface area contributed by atoms with E-state index in [1.807, 2.05) is 67.6 Å². The predicted octanol–water partition coefficient (Wildman–Crippen LogP) is 3.77. The van der Waals surface area contributed by atoms with E-state index < -0.39 is 0 Å². The second kappa shape index (κ2) is 7.56. The van der Waals surface area contributed by atoms with Crippen molar-refractivity contribution in [1.82, 2.24) is 0 Å². The number of hydroxylamine groups is 1. The average Bonchev–Trinajstić information content (AvgIpc) is 2.46. The summed E-state index contributed by atoms with van der Waals surface area (Å²) in [4.78, 5) is 4.36. The van der Waals surface area contributed by atoms with E-state index >= 15 is 0 Å². The lowest BCUT2D eigenvalue weighted by molar-refractivity contribution is 0.312. The topological polar surface area (TPSA) is 35.8 Å². The smallest absolute Gasteiger partial charge is 0.160 e. The molecule has 0 unspecified atom stereocenters. The number of rotatable bonds is 3. The fourth-order valence-corrected chi connectivity index (χ4v) is 1.71. The van der Waals surface area contributed by atoms with Gasteiger partial charge in [-0.25, -0.2) is 5.06 Å². The number of nitrogens with zero attached hydrogens (tertiary/aromatic N) is 2. The van der Waals surface area contributed by atoms with Gasteiger partial charge in [0.05, 0.1) is 5.69 Å². The summed E-state index contributed by atoms with van der Waals surface area (Å²) in [7, 11) is 0. The lowest BCUT2D eigenvalue weighted by Gasteiger charge is -2.19. The van der Waals surface area contributed by atoms with E-state index in [0.29, 0.717) is 18.1 Å². The summed E-state index contributed by atoms with van der Waals surface area (Å²) in [6.07, 6.45) is 0. The third-order valence-electron chi connectivity index (χ3n) is 2.54. The zero-order valence-electron chi connectivity index (χ0n) is 10.7. The highest BCUT2D eigenvalue weighted by molar-refractivity contribution is 6.08. The van der Waals surface area contributed by atoms with Gasteiger partial charge < -0.3 is 0 Å². The number of anilines is 1. The van der Waals surface area contributed by atoms with Crippen LogP contribution in [0.15, 0.2) is 65.7 Å². The molecular weight excluding hydrogens is 260 g/mol. The molecule has 2 aromatic rings. The summed E-state index contributed by atoms with van der Waals surface area (Å²) in [5.74, 6) is 0.560. The van der Waals surface area contributed by atoms with E-state index in [2.05, 4.69) is 4.99 Å². The van der Waals surface area contributed by atoms with Gasteiger partial charge in [-0.1, -0.05) is 48.5 Å². The molecular formula is C15H17ClN2O. The van der Waals surface area contributed by atoms with Gasteiger partial charge in [0.15, 0.2) is 5.84 Å². The Morgan fingerprint density at radius 3 is 2.05 bits per heavy atom. The molecule has 0 aromatic heterocycles. The normalized spacial score (nSPS) is 10.7. The first kappa shape index (κ1) is 15.2. The number of hydrogen-bond donors (Lipinski definition) is 1. The minimum absolute atomic E-state index is 0. The summed E-state index contributed by atoms with van der Waals surface area (Å²) in [6, 6.07) is 19.0. The highest BCUT2D eigenvalue weighted by Crippen LogP contribution is 2.15. The Kier molecular flexibility index (Phi) is 6.06. The van der Waals surface area contributed by atoms with E-state index in [4.69, 9.17) is 0 Å². The minimum Gasteiger partial charge on any atom is -0.282 e. The molecule has 0 aliphatic heterocycles. The molecule has 100 valence electrons. The molecule has 0 spiro atoms. The van der Waals surface area contributed by atoms with E-state index in [1.54, 1.807) is 0 Å². The van der Waals surface area contributed by atoms with Crippen molar-refractivity contribution < 1.29 is 5.21 Å². The zero-order chi connectivity index (χ0) is 12.8. The first-order chi connectivity index (χ1) is 8.83. The number of hydrogen-bond acceptors (Lipinski definition) is 2. The van der Waals surface area contributed by atoms with Crippen molar-refractivity contribution in [2.45, 2.75) is 6.92 Å². The first-order valence-corrected chi connectivity index (χ1v) is 5.97. The second-order valence-electron chi connectivity index (χ2n) is 3.81. The molecule has 0 fully saturated rings. The van der Waals surface area contributed by atoms with Crippen molar-refractivity contribution in [1.29, 1.82) is 0 Å². The van der Waals surface area contributed by atoms with Crippen LogP contribution in [0.1, 0.15) is 12.5 Å². The Labute approximate surface area is 119 Å². The van der Waals surface area contributed by atoms with Crippen LogP contribution in [0, 0.1) is 0 Å². The van der Waals surface area contributed by atoms with Crippen LogP contribution in [-0.2, 0) is 0 Å². The molecule has 0 heterocycles. The van der Waals surface area contributed by atoms with Crippen molar-refractivity contribution in [3.05, 3.63) is 66.2 Å². The van der Waals surface area contributed by atoms with E-state index in [9.17, 15) is 5.21 Å². The van der Waals surface area contributed by atoms with Gasteiger partial charge in [-0.2, -0.15) is 0 Å². The summed E-state index contributed by atoms with van der Waals surface area (Å²) in [5, 5.41) is 11.4. The monoisotopic (exact) mass is 276 g/mol. The molecule has 0 saturated heterocycles. The maximum atomic E-state index is 10.3. The van der Waals surface area contributed by atoms with Crippen LogP contribution in [0.5, 0.6) is 0 Å². The summed E-state index contributed by atoms with van der Waals surface area (Å²) in [6.45, 7) is 2.57. The molecule has 4 heteroatoms. The lowest BCUT2D eigenvalue weighted by Crippen LogP contribution is -2.28. The largest absolute Gasteiger partial charge is 0.282 e. The van der Waals surface area contributed by atoms with Crippen LogP contribution in [0.2, 0.25) is 0 Å². The molecule has 2 rings (SSSR count). The standard InChI is InChI=1S/C15H16N2O.ClH/c1-2-16-15(13-9-5-3-6-10-13)17(18)14-11-7-4-8-12-14;/h3-12,18H,2H2,1H3;1H. The van der Waals surface area contributed by atoms with Crippen molar-refractivity contribution in [3.63, 3.8) is 0 Å². The van der Waals surface area contributed by atoms with Gasteiger partial charge in [0.1, 0.15) is 0 Å². The van der Waals surface area contributed by atoms with Crippen LogP contribution in [0.3, 0.4) is 0 Å². The van der Waals surface area contributed by atoms with Gasteiger partial charge >= 0.3 is 0 Å². The van der Waals surface area contributed by atoms with Crippen LogP contribution < -0.4 is 5.06 Å². The Balaban J connectivity index is 0.00000180. The maximum Gasteiger partial charge on any atom is 0.160 e. The number of para-hydroxylation sites is 1. The molecule has 0 aliphatic rings. The van der Waals surface area contributed by atoms with Crippen molar-refractivity contribution >= 4 is 23.9 Å².